The van der Waals surface area contributed by atoms with E-state index in [9.17, 15) is 14.7 Å². The van der Waals surface area contributed by atoms with Crippen LogP contribution >= 0.6 is 23.2 Å². The number of halogens is 2. The van der Waals surface area contributed by atoms with Crippen LogP contribution in [-0.2, 0) is 0 Å². The average molecular weight is 526 g/mol. The number of allylic oxidation sites excluding steroid dienone is 1. The van der Waals surface area contributed by atoms with E-state index >= 15 is 0 Å². The first-order chi connectivity index (χ1) is 17.1. The van der Waals surface area contributed by atoms with E-state index in [0.717, 1.165) is 6.42 Å². The molecule has 0 saturated heterocycles. The van der Waals surface area contributed by atoms with E-state index in [1.54, 1.807) is 38.3 Å². The van der Waals surface area contributed by atoms with Gasteiger partial charge < -0.3 is 15.7 Å². The van der Waals surface area contributed by atoms with Crippen molar-refractivity contribution in [2.24, 2.45) is 4.99 Å². The topological polar surface area (TPSA) is 109 Å². The number of aromatic nitrogens is 2. The Bertz CT molecular complexity index is 1330. The van der Waals surface area contributed by atoms with E-state index in [1.165, 1.54) is 16.8 Å². The Labute approximate surface area is 218 Å². The zero-order valence-corrected chi connectivity index (χ0v) is 21.2. The van der Waals surface area contributed by atoms with Crippen LogP contribution in [0.25, 0.3) is 5.69 Å². The molecule has 10 heteroatoms. The first kappa shape index (κ1) is 25.6. The largest absolute Gasteiger partial charge is 0.389 e. The molecule has 1 aromatic heterocycles. The van der Waals surface area contributed by atoms with Gasteiger partial charge in [-0.3, -0.25) is 14.6 Å². The number of amides is 2. The number of carbonyl (C=O) groups excluding carboxylic acids is 2. The van der Waals surface area contributed by atoms with Crippen molar-refractivity contribution in [1.82, 2.24) is 15.1 Å². The number of nitrogens with one attached hydrogen (secondary N) is 2. The van der Waals surface area contributed by atoms with Crippen molar-refractivity contribution >= 4 is 47.0 Å². The van der Waals surface area contributed by atoms with Crippen molar-refractivity contribution in [3.63, 3.8) is 0 Å². The van der Waals surface area contributed by atoms with Gasteiger partial charge in [-0.2, -0.15) is 5.10 Å². The summed E-state index contributed by atoms with van der Waals surface area (Å²) in [6, 6.07) is 13.4. The van der Waals surface area contributed by atoms with Gasteiger partial charge >= 0.3 is 0 Å². The number of hydrogen-bond donors (Lipinski definition) is 3. The van der Waals surface area contributed by atoms with Gasteiger partial charge in [0.25, 0.3) is 11.8 Å². The predicted molar refractivity (Wildman–Crippen MR) is 142 cm³/mol. The van der Waals surface area contributed by atoms with Crippen LogP contribution in [0.4, 0.5) is 5.82 Å². The summed E-state index contributed by atoms with van der Waals surface area (Å²) in [5.41, 5.74) is 0.484. The Morgan fingerprint density at radius 1 is 1.11 bits per heavy atom. The third-order valence-electron chi connectivity index (χ3n) is 5.34. The molecule has 1 atom stereocenters. The van der Waals surface area contributed by atoms with Gasteiger partial charge in [-0.15, -0.1) is 0 Å². The number of benzene rings is 2. The normalized spacial score (nSPS) is 15.1. The average Bonchev–Trinajstić information content (AvgIpc) is 3.27. The molecule has 0 bridgehead atoms. The molecule has 1 unspecified atom stereocenters. The summed E-state index contributed by atoms with van der Waals surface area (Å²) in [5.74, 6) is -0.721. The van der Waals surface area contributed by atoms with Crippen LogP contribution in [0.1, 0.15) is 52.7 Å². The summed E-state index contributed by atoms with van der Waals surface area (Å²) in [5, 5.41) is 20.3. The van der Waals surface area contributed by atoms with Crippen molar-refractivity contribution in [2.45, 2.75) is 31.9 Å². The lowest BCUT2D eigenvalue weighted by molar-refractivity contribution is 0.0691. The maximum absolute atomic E-state index is 13.3. The number of para-hydroxylation sites is 1. The minimum atomic E-state index is -1.09. The molecule has 0 saturated carbocycles. The monoisotopic (exact) mass is 525 g/mol. The van der Waals surface area contributed by atoms with Crippen molar-refractivity contribution in [3.05, 3.63) is 87.5 Å². The molecule has 1 aliphatic rings. The number of anilines is 1. The second-order valence-electron chi connectivity index (χ2n) is 8.91. The molecule has 0 aliphatic carbocycles. The van der Waals surface area contributed by atoms with Gasteiger partial charge in [-0.05, 0) is 43.7 Å². The lowest BCUT2D eigenvalue weighted by Crippen LogP contribution is -2.38. The van der Waals surface area contributed by atoms with Gasteiger partial charge in [0.05, 0.1) is 27.9 Å². The molecular weight excluding hydrogens is 501 g/mol. The minimum absolute atomic E-state index is 0.0347. The van der Waals surface area contributed by atoms with Crippen LogP contribution < -0.4 is 10.6 Å². The van der Waals surface area contributed by atoms with E-state index < -0.39 is 17.4 Å². The van der Waals surface area contributed by atoms with Gasteiger partial charge in [0.15, 0.2) is 5.69 Å². The van der Waals surface area contributed by atoms with E-state index in [0.29, 0.717) is 16.3 Å². The fourth-order valence-electron chi connectivity index (χ4n) is 3.56. The summed E-state index contributed by atoms with van der Waals surface area (Å²) in [7, 11) is 0. The van der Waals surface area contributed by atoms with Crippen molar-refractivity contribution in [2.75, 3.05) is 11.9 Å². The molecule has 2 heterocycles. The van der Waals surface area contributed by atoms with Crippen LogP contribution in [0, 0.1) is 0 Å². The molecule has 4 rings (SSSR count). The molecule has 8 nitrogen and oxygen atoms in total. The molecule has 3 aromatic rings. The number of hydrogen-bond acceptors (Lipinski definition) is 5. The van der Waals surface area contributed by atoms with E-state index in [1.807, 2.05) is 30.4 Å². The number of nitrogens with zero attached hydrogens (tertiary/aromatic N) is 3. The van der Waals surface area contributed by atoms with Crippen molar-refractivity contribution in [1.29, 1.82) is 0 Å². The van der Waals surface area contributed by atoms with Crippen LogP contribution in [0.2, 0.25) is 10.0 Å². The molecule has 186 valence electrons. The Kier molecular flexibility index (Phi) is 7.59. The highest BCUT2D eigenvalue weighted by molar-refractivity contribution is 6.37. The highest BCUT2D eigenvalue weighted by atomic mass is 35.5. The quantitative estimate of drug-likeness (QED) is 0.377. The van der Waals surface area contributed by atoms with E-state index in [2.05, 4.69) is 20.7 Å². The van der Waals surface area contributed by atoms with Gasteiger partial charge in [0.1, 0.15) is 5.82 Å². The Hall–Kier alpha value is -3.46. The summed E-state index contributed by atoms with van der Waals surface area (Å²) < 4.78 is 1.45. The summed E-state index contributed by atoms with van der Waals surface area (Å²) >= 11 is 12.8. The maximum atomic E-state index is 13.3. The third-order valence-corrected chi connectivity index (χ3v) is 5.98. The van der Waals surface area contributed by atoms with Crippen LogP contribution in [0.15, 0.2) is 65.7 Å². The standard InChI is InChI=1S/C26H25Cl2N5O3/c1-26(2,36)15-30-25(35)22-14-23(33(32-22)16-8-4-3-5-9-16)31-24(34)18-12-17(19(27)13-20(18)28)21-10-6-7-11-29-21/h3-6,8-14,21,36H,7,15H2,1-2H3,(H,30,35)(H,31,34). The lowest BCUT2D eigenvalue weighted by Gasteiger charge is -2.16. The van der Waals surface area contributed by atoms with Gasteiger partial charge in [-0.1, -0.05) is 53.6 Å². The summed E-state index contributed by atoms with van der Waals surface area (Å²) in [6.07, 6.45) is 6.42. The molecule has 0 radical (unpaired) electrons. The van der Waals surface area contributed by atoms with Crippen LogP contribution in [0.3, 0.4) is 0 Å². The highest BCUT2D eigenvalue weighted by Crippen LogP contribution is 2.33. The lowest BCUT2D eigenvalue weighted by atomic mass is 10.0. The third kappa shape index (κ3) is 6.02. The Morgan fingerprint density at radius 3 is 2.53 bits per heavy atom. The minimum Gasteiger partial charge on any atom is -0.389 e. The Balaban J connectivity index is 1.66. The SMILES string of the molecule is CC(C)(O)CNC(=O)c1cc(NC(=O)c2cc(C3C=CCC=N3)c(Cl)cc2Cl)n(-c2ccccc2)n1. The zero-order valence-electron chi connectivity index (χ0n) is 19.7. The molecule has 2 aromatic carbocycles. The van der Waals surface area contributed by atoms with Crippen molar-refractivity contribution in [3.8, 4) is 5.69 Å². The van der Waals surface area contributed by atoms with Gasteiger partial charge in [0, 0.05) is 30.3 Å². The molecule has 1 aliphatic heterocycles. The van der Waals surface area contributed by atoms with Crippen LogP contribution in [-0.4, -0.2) is 45.1 Å². The molecule has 0 spiro atoms. The highest BCUT2D eigenvalue weighted by Gasteiger charge is 2.23. The van der Waals surface area contributed by atoms with E-state index in [-0.39, 0.29) is 34.7 Å². The fourth-order valence-corrected chi connectivity index (χ4v) is 4.14. The number of aliphatic imine (C=N–C) groups is 1. The van der Waals surface area contributed by atoms with Crippen molar-refractivity contribution < 1.29 is 14.7 Å². The van der Waals surface area contributed by atoms with E-state index in [4.69, 9.17) is 23.2 Å². The predicted octanol–water partition coefficient (Wildman–Crippen LogP) is 5.00. The molecule has 2 amide bonds. The maximum Gasteiger partial charge on any atom is 0.271 e. The summed E-state index contributed by atoms with van der Waals surface area (Å²) in [6.45, 7) is 3.20. The number of aliphatic hydroxyl groups is 1. The summed E-state index contributed by atoms with van der Waals surface area (Å²) in [4.78, 5) is 30.5. The number of dihydropyridines is 1. The van der Waals surface area contributed by atoms with Gasteiger partial charge in [0.2, 0.25) is 0 Å². The second kappa shape index (κ2) is 10.7. The number of carbonyl (C=O) groups is 2. The first-order valence-corrected chi connectivity index (χ1v) is 12.0. The number of rotatable bonds is 7. The smallest absolute Gasteiger partial charge is 0.271 e. The molecule has 36 heavy (non-hydrogen) atoms. The molecular formula is C26H25Cl2N5O3. The Morgan fingerprint density at radius 2 is 1.86 bits per heavy atom. The van der Waals surface area contributed by atoms with Gasteiger partial charge in [-0.25, -0.2) is 4.68 Å². The fraction of sp³-hybridized carbons (Fsp3) is 0.231. The molecule has 3 N–H and O–H groups in total. The second-order valence-corrected chi connectivity index (χ2v) is 9.72. The zero-order chi connectivity index (χ0) is 25.9. The van der Waals surface area contributed by atoms with Crippen LogP contribution in [0.5, 0.6) is 0 Å². The first-order valence-electron chi connectivity index (χ1n) is 11.3. The molecule has 0 fully saturated rings.